The van der Waals surface area contributed by atoms with Gasteiger partial charge >= 0.3 is 0 Å². The number of rotatable bonds is 1. The summed E-state index contributed by atoms with van der Waals surface area (Å²) in [6, 6.07) is 6.74. The molecule has 1 aromatic carbocycles. The lowest BCUT2D eigenvalue weighted by molar-refractivity contribution is 0.355. The van der Waals surface area contributed by atoms with Crippen molar-refractivity contribution in [1.82, 2.24) is 10.2 Å². The van der Waals surface area contributed by atoms with E-state index in [-0.39, 0.29) is 5.75 Å². The van der Waals surface area contributed by atoms with E-state index in [0.29, 0.717) is 0 Å². The predicted octanol–water partition coefficient (Wildman–Crippen LogP) is 2.22. The van der Waals surface area contributed by atoms with Crippen LogP contribution in [0, 0.1) is 0 Å². The molecule has 0 unspecified atom stereocenters. The van der Waals surface area contributed by atoms with E-state index in [1.807, 2.05) is 6.07 Å². The van der Waals surface area contributed by atoms with Crippen LogP contribution in [0.5, 0.6) is 5.75 Å². The number of hydrogen-bond acceptors (Lipinski definition) is 1. The van der Waals surface area contributed by atoms with Crippen molar-refractivity contribution in [3.8, 4) is 16.9 Å². The minimum absolute atomic E-state index is 0.0219. The number of hydrogen-bond donors (Lipinski definition) is 1. The lowest BCUT2D eigenvalue weighted by Gasteiger charge is -1.94. The van der Waals surface area contributed by atoms with E-state index in [1.54, 1.807) is 24.5 Å². The third kappa shape index (κ3) is 1.16. The second kappa shape index (κ2) is 2.70. The Kier molecular flexibility index (Phi) is 1.55. The summed E-state index contributed by atoms with van der Waals surface area (Å²) in [7, 11) is 0. The molecular weight excluding hydrogens is 152 g/mol. The van der Waals surface area contributed by atoms with Gasteiger partial charge < -0.3 is 0 Å². The van der Waals surface area contributed by atoms with Crippen LogP contribution < -0.4 is 0 Å². The number of aromatic amines is 1. The highest BCUT2D eigenvalue weighted by molar-refractivity contribution is 5.62. The van der Waals surface area contributed by atoms with E-state index in [4.69, 9.17) is 0 Å². The molecule has 1 heterocycles. The van der Waals surface area contributed by atoms with Crippen molar-refractivity contribution < 1.29 is 5.11 Å². The molecule has 3 heteroatoms. The summed E-state index contributed by atoms with van der Waals surface area (Å²) in [5, 5.41) is 17.5. The minimum atomic E-state index is 0.0219. The third-order valence-corrected chi connectivity index (χ3v) is 1.67. The van der Waals surface area contributed by atoms with E-state index in [2.05, 4.69) is 10.2 Å². The highest BCUT2D eigenvalue weighted by Crippen LogP contribution is 2.21. The van der Waals surface area contributed by atoms with Crippen molar-refractivity contribution in [2.24, 2.45) is 0 Å². The van der Waals surface area contributed by atoms with Crippen LogP contribution in [0.3, 0.4) is 0 Å². The van der Waals surface area contributed by atoms with Gasteiger partial charge in [0.1, 0.15) is 0 Å². The number of H-pyrrole nitrogens is 1. The lowest BCUT2D eigenvalue weighted by Crippen LogP contribution is -1.71. The van der Waals surface area contributed by atoms with E-state index >= 15 is 0 Å². The molecule has 12 heavy (non-hydrogen) atoms. The van der Waals surface area contributed by atoms with Gasteiger partial charge in [0.25, 0.3) is 0 Å². The van der Waals surface area contributed by atoms with E-state index < -0.39 is 0 Å². The van der Waals surface area contributed by atoms with Gasteiger partial charge in [0.15, 0.2) is 5.75 Å². The molecule has 2 rings (SSSR count). The maximum atomic E-state index is 11.0. The van der Waals surface area contributed by atoms with Gasteiger partial charge in [0, 0.05) is 11.8 Å². The molecule has 1 N–H and O–H groups in total. The van der Waals surface area contributed by atoms with E-state index in [0.717, 1.165) is 11.1 Å². The maximum absolute atomic E-state index is 11.0. The van der Waals surface area contributed by atoms with Gasteiger partial charge in [-0.05, 0) is 17.7 Å². The Labute approximate surface area is 69.7 Å². The van der Waals surface area contributed by atoms with Crippen molar-refractivity contribution in [2.45, 2.75) is 0 Å². The fourth-order valence-electron chi connectivity index (χ4n) is 1.08. The summed E-state index contributed by atoms with van der Waals surface area (Å²) >= 11 is 0. The van der Waals surface area contributed by atoms with E-state index in [1.165, 1.54) is 6.07 Å². The Morgan fingerprint density at radius 2 is 2.17 bits per heavy atom. The number of aromatic nitrogens is 2. The zero-order valence-electron chi connectivity index (χ0n) is 6.32. The molecule has 0 aliphatic rings. The molecule has 0 saturated carbocycles. The highest BCUT2D eigenvalue weighted by Gasteiger charge is 1.98. The Balaban J connectivity index is 2.48. The standard InChI is InChI=1S/C9H7N2O/c12-9-3-1-2-7(4-9)8-5-10-11-6-8/h1-6H,(H,10,11). The average molecular weight is 159 g/mol. The average Bonchev–Trinajstić information content (AvgIpc) is 2.56. The van der Waals surface area contributed by atoms with Crippen LogP contribution >= 0.6 is 0 Å². The van der Waals surface area contributed by atoms with Gasteiger partial charge in [-0.2, -0.15) is 5.10 Å². The third-order valence-electron chi connectivity index (χ3n) is 1.67. The largest absolute Gasteiger partial charge is 0.290 e. The van der Waals surface area contributed by atoms with Crippen molar-refractivity contribution >= 4 is 0 Å². The zero-order chi connectivity index (χ0) is 8.39. The molecule has 0 aliphatic carbocycles. The van der Waals surface area contributed by atoms with Gasteiger partial charge in [-0.1, -0.05) is 12.1 Å². The minimum Gasteiger partial charge on any atom is -0.290 e. The van der Waals surface area contributed by atoms with Crippen molar-refractivity contribution in [1.29, 1.82) is 0 Å². The summed E-state index contributed by atoms with van der Waals surface area (Å²) in [5.41, 5.74) is 1.84. The van der Waals surface area contributed by atoms with E-state index in [9.17, 15) is 5.11 Å². The van der Waals surface area contributed by atoms with Crippen LogP contribution in [-0.4, -0.2) is 10.2 Å². The van der Waals surface area contributed by atoms with Gasteiger partial charge in [0.05, 0.1) is 6.20 Å². The Morgan fingerprint density at radius 1 is 1.25 bits per heavy atom. The van der Waals surface area contributed by atoms with Crippen LogP contribution in [0.25, 0.3) is 11.1 Å². The first kappa shape index (κ1) is 6.91. The summed E-state index contributed by atoms with van der Waals surface area (Å²) in [4.78, 5) is 0. The molecule has 3 nitrogen and oxygen atoms in total. The van der Waals surface area contributed by atoms with Crippen LogP contribution in [0.1, 0.15) is 0 Å². The van der Waals surface area contributed by atoms with Crippen LogP contribution in [0.4, 0.5) is 0 Å². The molecule has 0 aliphatic heterocycles. The fraction of sp³-hybridized carbons (Fsp3) is 0. The van der Waals surface area contributed by atoms with Crippen LogP contribution in [0.2, 0.25) is 0 Å². The Morgan fingerprint density at radius 3 is 2.83 bits per heavy atom. The summed E-state index contributed by atoms with van der Waals surface area (Å²) in [6.07, 6.45) is 3.45. The molecule has 0 atom stereocenters. The van der Waals surface area contributed by atoms with Gasteiger partial charge in [-0.3, -0.25) is 10.2 Å². The molecule has 59 valence electrons. The first-order valence-electron chi connectivity index (χ1n) is 3.62. The Hall–Kier alpha value is -1.77. The molecule has 0 bridgehead atoms. The molecule has 1 radical (unpaired) electrons. The van der Waals surface area contributed by atoms with Crippen LogP contribution in [-0.2, 0) is 5.11 Å². The smallest absolute Gasteiger partial charge is 0.179 e. The van der Waals surface area contributed by atoms with Crippen molar-refractivity contribution in [2.75, 3.05) is 0 Å². The maximum Gasteiger partial charge on any atom is 0.179 e. The molecule has 2 aromatic rings. The Bertz CT molecular complexity index is 368. The number of nitrogens with one attached hydrogen (secondary N) is 1. The summed E-state index contributed by atoms with van der Waals surface area (Å²) < 4.78 is 0. The monoisotopic (exact) mass is 159 g/mol. The second-order valence-electron chi connectivity index (χ2n) is 2.51. The van der Waals surface area contributed by atoms with Gasteiger partial charge in [-0.15, -0.1) is 0 Å². The highest BCUT2D eigenvalue weighted by atomic mass is 16.3. The quantitative estimate of drug-likeness (QED) is 0.681. The molecule has 0 saturated heterocycles. The zero-order valence-corrected chi connectivity index (χ0v) is 6.32. The molecule has 0 amide bonds. The van der Waals surface area contributed by atoms with Gasteiger partial charge in [0.2, 0.25) is 0 Å². The lowest BCUT2D eigenvalue weighted by atomic mass is 10.1. The normalized spacial score (nSPS) is 10.0. The summed E-state index contributed by atoms with van der Waals surface area (Å²) in [6.45, 7) is 0. The molecule has 0 spiro atoms. The predicted molar refractivity (Wildman–Crippen MR) is 44.2 cm³/mol. The first-order valence-corrected chi connectivity index (χ1v) is 3.62. The molecule has 0 fully saturated rings. The van der Waals surface area contributed by atoms with Crippen molar-refractivity contribution in [3.63, 3.8) is 0 Å². The van der Waals surface area contributed by atoms with Crippen LogP contribution in [0.15, 0.2) is 36.7 Å². The number of benzene rings is 1. The first-order chi connectivity index (χ1) is 5.86. The second-order valence-corrected chi connectivity index (χ2v) is 2.51. The SMILES string of the molecule is [O]c1cccc(-c2cn[nH]c2)c1. The van der Waals surface area contributed by atoms with Crippen molar-refractivity contribution in [3.05, 3.63) is 36.7 Å². The molecular formula is C9H7N2O. The fourth-order valence-corrected chi connectivity index (χ4v) is 1.08. The topological polar surface area (TPSA) is 48.6 Å². The van der Waals surface area contributed by atoms with Gasteiger partial charge in [-0.25, -0.2) is 0 Å². The summed E-state index contributed by atoms with van der Waals surface area (Å²) in [5.74, 6) is 0.0219. The molecule has 1 aromatic heterocycles. The number of nitrogens with zero attached hydrogens (tertiary/aromatic N) is 1.